The van der Waals surface area contributed by atoms with Crippen LogP contribution in [0.15, 0.2) is 0 Å². The maximum Gasteiger partial charge on any atom is 0.337 e. The van der Waals surface area contributed by atoms with Gasteiger partial charge in [0.15, 0.2) is 29.4 Å². The molecule has 0 aliphatic carbocycles. The molecular weight excluding hydrogens is 239 g/mol. The van der Waals surface area contributed by atoms with E-state index in [2.05, 4.69) is 0 Å². The van der Waals surface area contributed by atoms with Gasteiger partial charge in [0.05, 0.1) is 5.56 Å². The van der Waals surface area contributed by atoms with Gasteiger partial charge in [0.25, 0.3) is 0 Å². The van der Waals surface area contributed by atoms with Crippen LogP contribution < -0.4 is 0 Å². The lowest BCUT2D eigenvalue weighted by Crippen LogP contribution is -2.17. The van der Waals surface area contributed by atoms with Gasteiger partial charge in [0.2, 0.25) is 5.82 Å². The molecule has 0 amide bonds. The second kappa shape index (κ2) is 4.05. The van der Waals surface area contributed by atoms with Gasteiger partial charge >= 0.3 is 5.97 Å². The highest BCUT2D eigenvalue weighted by Crippen LogP contribution is 2.27. The molecule has 3 nitrogen and oxygen atoms in total. The van der Waals surface area contributed by atoms with E-state index in [-0.39, 0.29) is 0 Å². The van der Waals surface area contributed by atoms with Gasteiger partial charge in [-0.3, -0.25) is 0 Å². The van der Waals surface area contributed by atoms with Gasteiger partial charge in [-0.25, -0.2) is 26.7 Å². The van der Waals surface area contributed by atoms with Crippen molar-refractivity contribution in [2.24, 2.45) is 0 Å². The van der Waals surface area contributed by atoms with Crippen molar-refractivity contribution in [2.45, 2.75) is 6.10 Å². The first kappa shape index (κ1) is 12.4. The monoisotopic (exact) mass is 242 g/mol. The maximum atomic E-state index is 12.9. The lowest BCUT2D eigenvalue weighted by Gasteiger charge is -2.10. The zero-order chi connectivity index (χ0) is 12.6. The molecule has 0 saturated heterocycles. The highest BCUT2D eigenvalue weighted by molar-refractivity contribution is 5.74. The molecule has 1 aromatic rings. The molecule has 0 spiro atoms. The molecule has 8 heteroatoms. The fourth-order valence-corrected chi connectivity index (χ4v) is 0.985. The molecular formula is C8H3F5O3. The Kier molecular flexibility index (Phi) is 3.13. The third-order valence-corrected chi connectivity index (χ3v) is 1.75. The number of benzene rings is 1. The van der Waals surface area contributed by atoms with E-state index in [4.69, 9.17) is 10.2 Å². The van der Waals surface area contributed by atoms with Crippen LogP contribution in [0.2, 0.25) is 0 Å². The molecule has 1 aromatic carbocycles. The van der Waals surface area contributed by atoms with Crippen LogP contribution >= 0.6 is 0 Å². The van der Waals surface area contributed by atoms with E-state index in [1.165, 1.54) is 0 Å². The molecule has 0 aromatic heterocycles. The van der Waals surface area contributed by atoms with Crippen molar-refractivity contribution in [3.8, 4) is 0 Å². The van der Waals surface area contributed by atoms with Gasteiger partial charge in [0, 0.05) is 0 Å². The molecule has 88 valence electrons. The van der Waals surface area contributed by atoms with Crippen LogP contribution in [0, 0.1) is 29.1 Å². The van der Waals surface area contributed by atoms with Crippen molar-refractivity contribution in [1.29, 1.82) is 0 Å². The molecule has 0 radical (unpaired) electrons. The number of halogens is 5. The Labute approximate surface area is 84.7 Å². The topological polar surface area (TPSA) is 57.5 Å². The Morgan fingerprint density at radius 2 is 1.19 bits per heavy atom. The quantitative estimate of drug-likeness (QED) is 0.469. The number of carboxylic acids is 1. The Balaban J connectivity index is 3.57. The third-order valence-electron chi connectivity index (χ3n) is 1.75. The Morgan fingerprint density at radius 3 is 1.50 bits per heavy atom. The average molecular weight is 242 g/mol. The number of hydrogen-bond donors (Lipinski definition) is 2. The fourth-order valence-electron chi connectivity index (χ4n) is 0.985. The summed E-state index contributed by atoms with van der Waals surface area (Å²) in [5, 5.41) is 17.0. The maximum absolute atomic E-state index is 12.9. The lowest BCUT2D eigenvalue weighted by molar-refractivity contribution is -0.147. The Hall–Kier alpha value is -1.70. The molecule has 1 rings (SSSR count). The molecule has 0 unspecified atom stereocenters. The largest absolute Gasteiger partial charge is 0.479 e. The van der Waals surface area contributed by atoms with E-state index in [1.54, 1.807) is 0 Å². The summed E-state index contributed by atoms with van der Waals surface area (Å²) in [5.41, 5.74) is -1.79. The van der Waals surface area contributed by atoms with Crippen LogP contribution in [0.1, 0.15) is 11.7 Å². The van der Waals surface area contributed by atoms with Gasteiger partial charge in [-0.2, -0.15) is 0 Å². The minimum absolute atomic E-state index is 1.79. The van der Waals surface area contributed by atoms with Crippen molar-refractivity contribution in [3.05, 3.63) is 34.6 Å². The van der Waals surface area contributed by atoms with Gasteiger partial charge < -0.3 is 10.2 Å². The summed E-state index contributed by atoms with van der Waals surface area (Å²) < 4.78 is 63.4. The van der Waals surface area contributed by atoms with Gasteiger partial charge in [0.1, 0.15) is 0 Å². The normalized spacial score (nSPS) is 12.6. The zero-order valence-electron chi connectivity index (χ0n) is 7.27. The van der Waals surface area contributed by atoms with Crippen molar-refractivity contribution in [3.63, 3.8) is 0 Å². The second-order valence-electron chi connectivity index (χ2n) is 2.72. The molecule has 0 aliphatic heterocycles. The first-order valence-electron chi connectivity index (χ1n) is 3.71. The van der Waals surface area contributed by atoms with E-state index in [0.717, 1.165) is 0 Å². The van der Waals surface area contributed by atoms with E-state index >= 15 is 0 Å². The number of aliphatic hydroxyl groups is 1. The smallest absolute Gasteiger partial charge is 0.337 e. The fraction of sp³-hybridized carbons (Fsp3) is 0.125. The number of aliphatic carboxylic acids is 1. The lowest BCUT2D eigenvalue weighted by atomic mass is 10.1. The summed E-state index contributed by atoms with van der Waals surface area (Å²) in [7, 11) is 0. The summed E-state index contributed by atoms with van der Waals surface area (Å²) in [6.07, 6.45) is -2.83. The number of hydrogen-bond acceptors (Lipinski definition) is 2. The Morgan fingerprint density at radius 1 is 0.875 bits per heavy atom. The molecule has 0 aliphatic rings. The SMILES string of the molecule is O=C(O)[C@@H](O)c1c(F)c(F)c(F)c(F)c1F. The van der Waals surface area contributed by atoms with Crippen LogP contribution in [0.4, 0.5) is 22.0 Å². The number of rotatable bonds is 2. The Bertz CT molecular complexity index is 430. The number of aliphatic hydroxyl groups excluding tert-OH is 1. The van der Waals surface area contributed by atoms with Gasteiger partial charge in [-0.1, -0.05) is 0 Å². The van der Waals surface area contributed by atoms with Crippen molar-refractivity contribution in [1.82, 2.24) is 0 Å². The first-order chi connectivity index (χ1) is 7.29. The molecule has 1 atom stereocenters. The van der Waals surface area contributed by atoms with E-state index in [9.17, 15) is 26.7 Å². The highest BCUT2D eigenvalue weighted by Gasteiger charge is 2.32. The van der Waals surface area contributed by atoms with Crippen LogP contribution in [0.3, 0.4) is 0 Å². The molecule has 0 fully saturated rings. The van der Waals surface area contributed by atoms with Crippen LogP contribution in [0.5, 0.6) is 0 Å². The van der Waals surface area contributed by atoms with Crippen molar-refractivity contribution < 1.29 is 37.0 Å². The first-order valence-corrected chi connectivity index (χ1v) is 3.71. The van der Waals surface area contributed by atoms with E-state index in [1.807, 2.05) is 0 Å². The molecule has 2 N–H and O–H groups in total. The average Bonchev–Trinajstić information content (AvgIpc) is 2.23. The zero-order valence-corrected chi connectivity index (χ0v) is 7.27. The number of carbonyl (C=O) groups is 1. The van der Waals surface area contributed by atoms with Crippen molar-refractivity contribution >= 4 is 5.97 Å². The second-order valence-corrected chi connectivity index (χ2v) is 2.72. The van der Waals surface area contributed by atoms with Crippen LogP contribution in [-0.2, 0) is 4.79 Å². The number of carboxylic acid groups (broad SMARTS) is 1. The van der Waals surface area contributed by atoms with E-state index in [0.29, 0.717) is 0 Å². The summed E-state index contributed by atoms with van der Waals surface area (Å²) in [6, 6.07) is 0. The van der Waals surface area contributed by atoms with Gasteiger partial charge in [-0.15, -0.1) is 0 Å². The van der Waals surface area contributed by atoms with Crippen molar-refractivity contribution in [2.75, 3.05) is 0 Å². The van der Waals surface area contributed by atoms with E-state index < -0.39 is 46.7 Å². The molecule has 16 heavy (non-hydrogen) atoms. The molecule has 0 saturated carbocycles. The summed E-state index contributed by atoms with van der Waals surface area (Å²) in [4.78, 5) is 10.2. The minimum Gasteiger partial charge on any atom is -0.479 e. The summed E-state index contributed by atoms with van der Waals surface area (Å²) >= 11 is 0. The van der Waals surface area contributed by atoms with Crippen LogP contribution in [0.25, 0.3) is 0 Å². The minimum atomic E-state index is -2.83. The molecule has 0 bridgehead atoms. The van der Waals surface area contributed by atoms with Gasteiger partial charge in [-0.05, 0) is 0 Å². The summed E-state index contributed by atoms with van der Waals surface area (Å²) in [6.45, 7) is 0. The molecule has 0 heterocycles. The highest BCUT2D eigenvalue weighted by atomic mass is 19.2. The predicted molar refractivity (Wildman–Crippen MR) is 38.8 cm³/mol. The predicted octanol–water partition coefficient (Wildman–Crippen LogP) is 1.50. The van der Waals surface area contributed by atoms with Crippen LogP contribution in [-0.4, -0.2) is 16.2 Å². The standard InChI is InChI=1S/C8H3F5O3/c9-2-1(7(14)8(15)16)3(10)5(12)6(13)4(2)11/h7,14H,(H,15,16)/t7-/m0/s1. The summed E-state index contributed by atoms with van der Waals surface area (Å²) in [5.74, 6) is -13.9. The third kappa shape index (κ3) is 1.71.